The summed E-state index contributed by atoms with van der Waals surface area (Å²) < 4.78 is 7.76. The molecule has 0 aliphatic rings. The first-order chi connectivity index (χ1) is 15.6. The molecule has 0 aliphatic heterocycles. The number of anilines is 2. The molecular weight excluding hydrogens is 420 g/mol. The average molecular weight is 445 g/mol. The molecule has 0 fully saturated rings. The van der Waals surface area contributed by atoms with Gasteiger partial charge in [0.15, 0.2) is 11.0 Å². The van der Waals surface area contributed by atoms with Crippen molar-refractivity contribution in [1.82, 2.24) is 14.8 Å². The Kier molecular flexibility index (Phi) is 6.87. The summed E-state index contributed by atoms with van der Waals surface area (Å²) in [6.07, 6.45) is 0. The summed E-state index contributed by atoms with van der Waals surface area (Å²) in [4.78, 5) is 14.9. The molecule has 0 N–H and O–H groups in total. The number of carbonyl (C=O) groups excluding carboxylic acids is 1. The van der Waals surface area contributed by atoms with Crippen molar-refractivity contribution in [3.8, 4) is 5.75 Å². The zero-order chi connectivity index (χ0) is 22.3. The first kappa shape index (κ1) is 21.6. The Labute approximate surface area is 191 Å². The Morgan fingerprint density at radius 2 is 1.50 bits per heavy atom. The van der Waals surface area contributed by atoms with Crippen molar-refractivity contribution >= 4 is 29.0 Å². The lowest BCUT2D eigenvalue weighted by atomic mass is 10.2. The van der Waals surface area contributed by atoms with Crippen molar-refractivity contribution in [3.05, 3.63) is 96.3 Å². The highest BCUT2D eigenvalue weighted by molar-refractivity contribution is 7.99. The van der Waals surface area contributed by atoms with E-state index in [4.69, 9.17) is 4.74 Å². The molecule has 0 saturated heterocycles. The topological polar surface area (TPSA) is 60.3 Å². The molecule has 1 aromatic heterocycles. The maximum Gasteiger partial charge on any atom is 0.242 e. The first-order valence-corrected chi connectivity index (χ1v) is 11.2. The van der Waals surface area contributed by atoms with E-state index in [0.29, 0.717) is 17.6 Å². The van der Waals surface area contributed by atoms with Crippen LogP contribution in [0.4, 0.5) is 11.4 Å². The third-order valence-corrected chi connectivity index (χ3v) is 5.98. The molecule has 0 aliphatic carbocycles. The van der Waals surface area contributed by atoms with Gasteiger partial charge in [-0.05, 0) is 42.8 Å². The van der Waals surface area contributed by atoms with Gasteiger partial charge in [-0.25, -0.2) is 0 Å². The van der Waals surface area contributed by atoms with Crippen molar-refractivity contribution in [2.75, 3.05) is 10.7 Å². The smallest absolute Gasteiger partial charge is 0.242 e. The highest BCUT2D eigenvalue weighted by Gasteiger charge is 2.19. The standard InChI is InChI=1S/C25H24N4O2S/c1-19-11-9-10-16-22(19)31-17-23-26-27-25(28(23)2)32-18-24(30)29(20-12-5-3-6-13-20)21-14-7-4-8-15-21/h3-16H,17-18H2,1-2H3. The highest BCUT2D eigenvalue weighted by Crippen LogP contribution is 2.27. The van der Waals surface area contributed by atoms with Crippen LogP contribution in [0.2, 0.25) is 0 Å². The Balaban J connectivity index is 1.44. The van der Waals surface area contributed by atoms with Crippen molar-refractivity contribution in [1.29, 1.82) is 0 Å². The van der Waals surface area contributed by atoms with Gasteiger partial charge in [0, 0.05) is 18.4 Å². The highest BCUT2D eigenvalue weighted by atomic mass is 32.2. The minimum atomic E-state index is -0.0342. The number of amides is 1. The Hall–Kier alpha value is -3.58. The molecule has 162 valence electrons. The van der Waals surface area contributed by atoms with Crippen LogP contribution in [-0.4, -0.2) is 26.4 Å². The van der Waals surface area contributed by atoms with Crippen LogP contribution in [0.3, 0.4) is 0 Å². The van der Waals surface area contributed by atoms with E-state index in [2.05, 4.69) is 10.2 Å². The molecule has 4 rings (SSSR count). The van der Waals surface area contributed by atoms with Gasteiger partial charge in [-0.2, -0.15) is 0 Å². The van der Waals surface area contributed by atoms with Crippen LogP contribution in [0.15, 0.2) is 90.1 Å². The number of hydrogen-bond acceptors (Lipinski definition) is 5. The molecule has 0 saturated carbocycles. The minimum absolute atomic E-state index is 0.0342. The van der Waals surface area contributed by atoms with Crippen molar-refractivity contribution in [2.45, 2.75) is 18.7 Å². The van der Waals surface area contributed by atoms with Gasteiger partial charge in [0.25, 0.3) is 0 Å². The fraction of sp³-hybridized carbons (Fsp3) is 0.160. The van der Waals surface area contributed by atoms with Gasteiger partial charge in [0.1, 0.15) is 12.4 Å². The SMILES string of the molecule is Cc1ccccc1OCc1nnc(SCC(=O)N(c2ccccc2)c2ccccc2)n1C. The lowest BCUT2D eigenvalue weighted by molar-refractivity contribution is -0.115. The maximum absolute atomic E-state index is 13.2. The van der Waals surface area contributed by atoms with Gasteiger partial charge in [-0.3, -0.25) is 9.69 Å². The van der Waals surface area contributed by atoms with Gasteiger partial charge in [0.05, 0.1) is 5.75 Å². The molecule has 32 heavy (non-hydrogen) atoms. The average Bonchev–Trinajstić information content (AvgIpc) is 3.18. The molecular formula is C25H24N4O2S. The molecule has 0 spiro atoms. The van der Waals surface area contributed by atoms with Crippen LogP contribution < -0.4 is 9.64 Å². The Morgan fingerprint density at radius 3 is 2.12 bits per heavy atom. The van der Waals surface area contributed by atoms with Crippen molar-refractivity contribution in [3.63, 3.8) is 0 Å². The second-order valence-electron chi connectivity index (χ2n) is 7.20. The molecule has 3 aromatic carbocycles. The summed E-state index contributed by atoms with van der Waals surface area (Å²) in [6.45, 7) is 2.31. The lowest BCUT2D eigenvalue weighted by Gasteiger charge is -2.22. The van der Waals surface area contributed by atoms with E-state index in [-0.39, 0.29) is 11.7 Å². The summed E-state index contributed by atoms with van der Waals surface area (Å²) in [5.74, 6) is 1.72. The molecule has 7 heteroatoms. The van der Waals surface area contributed by atoms with Gasteiger partial charge in [-0.1, -0.05) is 66.4 Å². The molecule has 1 amide bonds. The number of nitrogens with zero attached hydrogens (tertiary/aromatic N) is 4. The molecule has 0 atom stereocenters. The molecule has 1 heterocycles. The molecule has 4 aromatic rings. The van der Waals surface area contributed by atoms with E-state index >= 15 is 0 Å². The Morgan fingerprint density at radius 1 is 0.906 bits per heavy atom. The summed E-state index contributed by atoms with van der Waals surface area (Å²) in [7, 11) is 1.88. The van der Waals surface area contributed by atoms with Crippen molar-refractivity contribution in [2.24, 2.45) is 7.05 Å². The van der Waals surface area contributed by atoms with Gasteiger partial charge < -0.3 is 9.30 Å². The number of carbonyl (C=O) groups is 1. The monoisotopic (exact) mass is 444 g/mol. The normalized spacial score (nSPS) is 10.7. The number of thioether (sulfide) groups is 1. The van der Waals surface area contributed by atoms with Crippen LogP contribution in [0.25, 0.3) is 0 Å². The van der Waals surface area contributed by atoms with Crippen LogP contribution in [0.1, 0.15) is 11.4 Å². The molecule has 0 bridgehead atoms. The number of hydrogen-bond donors (Lipinski definition) is 0. The quantitative estimate of drug-likeness (QED) is 0.351. The maximum atomic E-state index is 13.2. The van der Waals surface area contributed by atoms with Gasteiger partial charge in [0.2, 0.25) is 5.91 Å². The first-order valence-electron chi connectivity index (χ1n) is 10.3. The third kappa shape index (κ3) is 5.00. The summed E-state index contributed by atoms with van der Waals surface area (Å²) >= 11 is 1.36. The Bertz CT molecular complexity index is 1140. The van der Waals surface area contributed by atoms with Crippen LogP contribution in [0.5, 0.6) is 5.75 Å². The minimum Gasteiger partial charge on any atom is -0.485 e. The number of aryl methyl sites for hydroxylation is 1. The van der Waals surface area contributed by atoms with Crippen molar-refractivity contribution < 1.29 is 9.53 Å². The summed E-state index contributed by atoms with van der Waals surface area (Å²) in [6, 6.07) is 27.1. The predicted molar refractivity (Wildman–Crippen MR) is 127 cm³/mol. The number of ether oxygens (including phenoxy) is 1. The van der Waals surface area contributed by atoms with E-state index in [1.54, 1.807) is 4.90 Å². The van der Waals surface area contributed by atoms with E-state index in [0.717, 1.165) is 22.7 Å². The zero-order valence-corrected chi connectivity index (χ0v) is 18.8. The molecule has 6 nitrogen and oxygen atoms in total. The van der Waals surface area contributed by atoms with E-state index in [1.165, 1.54) is 11.8 Å². The number of rotatable bonds is 8. The van der Waals surface area contributed by atoms with Crippen LogP contribution >= 0.6 is 11.8 Å². The van der Waals surface area contributed by atoms with E-state index < -0.39 is 0 Å². The summed E-state index contributed by atoms with van der Waals surface area (Å²) in [5, 5.41) is 9.16. The lowest BCUT2D eigenvalue weighted by Crippen LogP contribution is -2.27. The number of benzene rings is 3. The van der Waals surface area contributed by atoms with E-state index in [1.807, 2.05) is 103 Å². The number of aromatic nitrogens is 3. The summed E-state index contributed by atoms with van der Waals surface area (Å²) in [5.41, 5.74) is 2.72. The van der Waals surface area contributed by atoms with E-state index in [9.17, 15) is 4.79 Å². The largest absolute Gasteiger partial charge is 0.485 e. The molecule has 0 unspecified atom stereocenters. The number of para-hydroxylation sites is 3. The fourth-order valence-corrected chi connectivity index (χ4v) is 4.02. The predicted octanol–water partition coefficient (Wildman–Crippen LogP) is 5.16. The van der Waals surface area contributed by atoms with Crippen LogP contribution in [0, 0.1) is 6.92 Å². The second-order valence-corrected chi connectivity index (χ2v) is 8.14. The fourth-order valence-electron chi connectivity index (χ4n) is 3.24. The zero-order valence-electron chi connectivity index (χ0n) is 18.0. The third-order valence-electron chi connectivity index (χ3n) is 4.98. The second kappa shape index (κ2) is 10.2. The van der Waals surface area contributed by atoms with Gasteiger partial charge >= 0.3 is 0 Å². The molecule has 0 radical (unpaired) electrons. The van der Waals surface area contributed by atoms with Gasteiger partial charge in [-0.15, -0.1) is 10.2 Å². The van der Waals surface area contributed by atoms with Crippen LogP contribution in [-0.2, 0) is 18.4 Å².